The number of halogens is 1. The van der Waals surface area contributed by atoms with Crippen LogP contribution in [-0.4, -0.2) is 29.9 Å². The van der Waals surface area contributed by atoms with Crippen molar-refractivity contribution in [3.63, 3.8) is 0 Å². The SMILES string of the molecule is C=CCN1C(=O)COc2ccc(-c3nc(NC(=O)c4cccc(Br)c4)sc3C)cc21. The molecule has 0 fully saturated rings. The first-order valence-electron chi connectivity index (χ1n) is 9.19. The van der Waals surface area contributed by atoms with Crippen LogP contribution in [0.4, 0.5) is 10.8 Å². The van der Waals surface area contributed by atoms with Gasteiger partial charge in [-0.1, -0.05) is 28.1 Å². The summed E-state index contributed by atoms with van der Waals surface area (Å²) in [5.74, 6) is 0.311. The van der Waals surface area contributed by atoms with E-state index >= 15 is 0 Å². The summed E-state index contributed by atoms with van der Waals surface area (Å²) in [6, 6.07) is 12.8. The minimum absolute atomic E-state index is 0.0156. The standard InChI is InChI=1S/C22H18BrN3O3S/c1-3-9-26-17-11-14(7-8-18(17)29-12-19(26)27)20-13(2)30-22(24-20)25-21(28)15-5-4-6-16(23)10-15/h3-8,10-11H,1,9,12H2,2H3,(H,24,25,28). The Morgan fingerprint density at radius 1 is 1.37 bits per heavy atom. The Balaban J connectivity index is 1.63. The summed E-state index contributed by atoms with van der Waals surface area (Å²) < 4.78 is 6.38. The Morgan fingerprint density at radius 2 is 2.20 bits per heavy atom. The van der Waals surface area contributed by atoms with Gasteiger partial charge in [-0.25, -0.2) is 4.98 Å². The van der Waals surface area contributed by atoms with Gasteiger partial charge in [0.1, 0.15) is 5.75 Å². The van der Waals surface area contributed by atoms with Crippen LogP contribution >= 0.6 is 27.3 Å². The minimum atomic E-state index is -0.224. The Morgan fingerprint density at radius 3 is 2.97 bits per heavy atom. The highest BCUT2D eigenvalue weighted by Gasteiger charge is 2.25. The summed E-state index contributed by atoms with van der Waals surface area (Å²) in [6.07, 6.45) is 1.68. The molecule has 1 aliphatic rings. The van der Waals surface area contributed by atoms with Crippen LogP contribution in [0, 0.1) is 6.92 Å². The Bertz CT molecular complexity index is 1160. The van der Waals surface area contributed by atoms with Crippen molar-refractivity contribution < 1.29 is 14.3 Å². The molecule has 0 aliphatic carbocycles. The second kappa shape index (κ2) is 8.41. The quantitative estimate of drug-likeness (QED) is 0.515. The molecule has 0 spiro atoms. The van der Waals surface area contributed by atoms with Crippen LogP contribution in [0.25, 0.3) is 11.3 Å². The zero-order chi connectivity index (χ0) is 21.3. The molecule has 1 N–H and O–H groups in total. The zero-order valence-corrected chi connectivity index (χ0v) is 18.5. The number of ether oxygens (including phenoxy) is 1. The Hall–Kier alpha value is -2.97. The molecule has 0 atom stereocenters. The van der Waals surface area contributed by atoms with Gasteiger partial charge in [0, 0.05) is 27.0 Å². The smallest absolute Gasteiger partial charge is 0.265 e. The average Bonchev–Trinajstić information content (AvgIpc) is 3.09. The summed E-state index contributed by atoms with van der Waals surface area (Å²) in [6.45, 7) is 6.10. The molecule has 0 bridgehead atoms. The fourth-order valence-corrected chi connectivity index (χ4v) is 4.43. The number of aryl methyl sites for hydroxylation is 1. The lowest BCUT2D eigenvalue weighted by Crippen LogP contribution is -2.38. The lowest BCUT2D eigenvalue weighted by atomic mass is 10.1. The lowest BCUT2D eigenvalue weighted by molar-refractivity contribution is -0.121. The van der Waals surface area contributed by atoms with Gasteiger partial charge in [-0.3, -0.25) is 14.9 Å². The van der Waals surface area contributed by atoms with E-state index in [1.807, 2.05) is 37.3 Å². The van der Waals surface area contributed by atoms with Gasteiger partial charge >= 0.3 is 0 Å². The average molecular weight is 484 g/mol. The number of hydrogen-bond acceptors (Lipinski definition) is 5. The molecule has 2 aromatic carbocycles. The topological polar surface area (TPSA) is 71.5 Å². The fourth-order valence-electron chi connectivity index (χ4n) is 3.20. The molecule has 0 unspecified atom stereocenters. The number of hydrogen-bond donors (Lipinski definition) is 1. The number of benzene rings is 2. The van der Waals surface area contributed by atoms with Crippen molar-refractivity contribution in [2.24, 2.45) is 0 Å². The second-order valence-electron chi connectivity index (χ2n) is 6.65. The third-order valence-corrected chi connectivity index (χ3v) is 5.97. The predicted molar refractivity (Wildman–Crippen MR) is 122 cm³/mol. The van der Waals surface area contributed by atoms with Crippen LogP contribution < -0.4 is 15.0 Å². The van der Waals surface area contributed by atoms with Crippen molar-refractivity contribution in [1.82, 2.24) is 4.98 Å². The van der Waals surface area contributed by atoms with Crippen LogP contribution in [0.15, 0.2) is 59.6 Å². The van der Waals surface area contributed by atoms with Gasteiger partial charge < -0.3 is 9.64 Å². The molecular formula is C22H18BrN3O3S. The first kappa shape index (κ1) is 20.3. The highest BCUT2D eigenvalue weighted by atomic mass is 79.9. The maximum Gasteiger partial charge on any atom is 0.265 e. The molecule has 0 saturated heterocycles. The summed E-state index contributed by atoms with van der Waals surface area (Å²) in [4.78, 5) is 32.0. The summed E-state index contributed by atoms with van der Waals surface area (Å²) in [5, 5.41) is 3.37. The first-order valence-corrected chi connectivity index (χ1v) is 10.8. The molecule has 0 radical (unpaired) electrons. The van der Waals surface area contributed by atoms with E-state index in [4.69, 9.17) is 4.74 Å². The third-order valence-electron chi connectivity index (χ3n) is 4.59. The summed E-state index contributed by atoms with van der Waals surface area (Å²) in [7, 11) is 0. The van der Waals surface area contributed by atoms with Crippen LogP contribution in [-0.2, 0) is 4.79 Å². The maximum absolute atomic E-state index is 12.5. The van der Waals surface area contributed by atoms with Crippen molar-refractivity contribution in [3.05, 3.63) is 70.0 Å². The molecule has 152 valence electrons. The number of aromatic nitrogens is 1. The summed E-state index contributed by atoms with van der Waals surface area (Å²) >= 11 is 4.78. The van der Waals surface area contributed by atoms with Crippen molar-refractivity contribution >= 4 is 49.9 Å². The van der Waals surface area contributed by atoms with Gasteiger partial charge in [0.25, 0.3) is 11.8 Å². The van der Waals surface area contributed by atoms with Crippen LogP contribution in [0.1, 0.15) is 15.2 Å². The number of nitrogens with one attached hydrogen (secondary N) is 1. The van der Waals surface area contributed by atoms with E-state index in [-0.39, 0.29) is 18.4 Å². The molecule has 2 heterocycles. The highest BCUT2D eigenvalue weighted by Crippen LogP contribution is 2.38. The molecule has 4 rings (SSSR count). The first-order chi connectivity index (χ1) is 14.5. The van der Waals surface area contributed by atoms with Crippen molar-refractivity contribution in [2.75, 3.05) is 23.4 Å². The van der Waals surface area contributed by atoms with E-state index in [9.17, 15) is 9.59 Å². The lowest BCUT2D eigenvalue weighted by Gasteiger charge is -2.28. The molecule has 8 heteroatoms. The van der Waals surface area contributed by atoms with Gasteiger partial charge in [0.2, 0.25) is 0 Å². The monoisotopic (exact) mass is 483 g/mol. The van der Waals surface area contributed by atoms with Gasteiger partial charge in [0.05, 0.1) is 11.4 Å². The number of anilines is 2. The van der Waals surface area contributed by atoms with Gasteiger partial charge in [-0.05, 0) is 43.3 Å². The number of carbonyl (C=O) groups excluding carboxylic acids is 2. The third kappa shape index (κ3) is 4.01. The number of thiazole rings is 1. The number of fused-ring (bicyclic) bond motifs is 1. The van der Waals surface area contributed by atoms with Crippen molar-refractivity contribution in [1.29, 1.82) is 0 Å². The zero-order valence-electron chi connectivity index (χ0n) is 16.1. The number of carbonyl (C=O) groups is 2. The predicted octanol–water partition coefficient (Wildman–Crippen LogP) is 5.04. The molecule has 30 heavy (non-hydrogen) atoms. The number of nitrogens with zero attached hydrogens (tertiary/aromatic N) is 2. The Labute approximate surface area is 186 Å². The Kier molecular flexibility index (Phi) is 5.69. The maximum atomic E-state index is 12.5. The van der Waals surface area contributed by atoms with Crippen LogP contribution in [0.2, 0.25) is 0 Å². The molecule has 2 amide bonds. The van der Waals surface area contributed by atoms with E-state index in [0.717, 1.165) is 20.6 Å². The summed E-state index contributed by atoms with van der Waals surface area (Å²) in [5.41, 5.74) is 2.83. The van der Waals surface area contributed by atoms with E-state index in [1.54, 1.807) is 23.1 Å². The number of rotatable bonds is 5. The minimum Gasteiger partial charge on any atom is -0.482 e. The van der Waals surface area contributed by atoms with E-state index < -0.39 is 0 Å². The molecular weight excluding hydrogens is 466 g/mol. The normalized spacial score (nSPS) is 12.9. The number of amides is 2. The molecule has 1 aromatic heterocycles. The molecule has 0 saturated carbocycles. The van der Waals surface area contributed by atoms with E-state index in [0.29, 0.717) is 28.7 Å². The molecule has 3 aromatic rings. The van der Waals surface area contributed by atoms with Crippen LogP contribution in [0.5, 0.6) is 5.75 Å². The second-order valence-corrected chi connectivity index (χ2v) is 8.77. The van der Waals surface area contributed by atoms with Gasteiger partial charge in [0.15, 0.2) is 11.7 Å². The van der Waals surface area contributed by atoms with Crippen molar-refractivity contribution in [3.8, 4) is 17.0 Å². The van der Waals surface area contributed by atoms with Crippen molar-refractivity contribution in [2.45, 2.75) is 6.92 Å². The molecule has 6 nitrogen and oxygen atoms in total. The fraction of sp³-hybridized carbons (Fsp3) is 0.136. The van der Waals surface area contributed by atoms with E-state index in [2.05, 4.69) is 32.8 Å². The molecule has 1 aliphatic heterocycles. The van der Waals surface area contributed by atoms with Gasteiger partial charge in [-0.15, -0.1) is 17.9 Å². The van der Waals surface area contributed by atoms with Gasteiger partial charge in [-0.2, -0.15) is 0 Å². The highest BCUT2D eigenvalue weighted by molar-refractivity contribution is 9.10. The van der Waals surface area contributed by atoms with E-state index in [1.165, 1.54) is 11.3 Å². The largest absolute Gasteiger partial charge is 0.482 e. The van der Waals surface area contributed by atoms with Crippen LogP contribution in [0.3, 0.4) is 0 Å².